The first kappa shape index (κ1) is 26.1. The van der Waals surface area contributed by atoms with Gasteiger partial charge in [0.25, 0.3) is 10.0 Å². The number of methoxy groups -OCH3 is 2. The number of nitrogens with zero attached hydrogens (tertiary/aromatic N) is 1. The Kier molecular flexibility index (Phi) is 8.76. The topological polar surface area (TPSA) is 84.9 Å². The van der Waals surface area contributed by atoms with Gasteiger partial charge in [-0.2, -0.15) is 0 Å². The minimum atomic E-state index is -4.01. The number of anilines is 1. The molecule has 0 spiro atoms. The Balaban J connectivity index is 1.92. The zero-order chi connectivity index (χ0) is 25.4. The molecule has 0 aromatic heterocycles. The minimum absolute atomic E-state index is 0.101. The molecule has 7 nitrogen and oxygen atoms in total. The highest BCUT2D eigenvalue weighted by Gasteiger charge is 2.28. The molecule has 0 fully saturated rings. The number of carbonyl (C=O) groups is 1. The maximum absolute atomic E-state index is 13.6. The molecule has 0 aliphatic heterocycles. The summed E-state index contributed by atoms with van der Waals surface area (Å²) in [6.45, 7) is 3.77. The molecule has 1 atom stereocenters. The average molecular weight is 497 g/mol. The van der Waals surface area contributed by atoms with Crippen molar-refractivity contribution in [3.8, 4) is 11.5 Å². The molecule has 0 aliphatic carbocycles. The van der Waals surface area contributed by atoms with Gasteiger partial charge in [-0.15, -0.1) is 0 Å². The van der Waals surface area contributed by atoms with Gasteiger partial charge in [0.2, 0.25) is 5.91 Å². The Bertz CT molecular complexity index is 1210. The number of amides is 1. The molecule has 1 amide bonds. The Labute approximate surface area is 207 Å². The zero-order valence-electron chi connectivity index (χ0n) is 20.5. The molecule has 3 rings (SSSR count). The Morgan fingerprint density at radius 2 is 1.54 bits per heavy atom. The summed E-state index contributed by atoms with van der Waals surface area (Å²) < 4.78 is 38.8. The molecule has 0 saturated heterocycles. The van der Waals surface area contributed by atoms with E-state index in [0.29, 0.717) is 23.8 Å². The van der Waals surface area contributed by atoms with E-state index in [1.165, 1.54) is 19.2 Å². The van der Waals surface area contributed by atoms with Gasteiger partial charge >= 0.3 is 0 Å². The van der Waals surface area contributed by atoms with Crippen molar-refractivity contribution in [2.75, 3.05) is 25.1 Å². The van der Waals surface area contributed by atoms with Gasteiger partial charge in [0.15, 0.2) is 0 Å². The standard InChI is InChI=1S/C27H32N2O5S/c1-20(2)17-26(21-13-15-23(33-3)16-14-21)28-27(30)19-29(22-9-8-10-24(18-22)34-4)35(31,32)25-11-6-5-7-12-25/h5-16,18,20,26H,17,19H2,1-4H3,(H,28,30)/t26-/m0/s1. The second-order valence-electron chi connectivity index (χ2n) is 8.55. The van der Waals surface area contributed by atoms with Crippen LogP contribution in [0.15, 0.2) is 83.8 Å². The number of nitrogens with one attached hydrogen (secondary N) is 1. The average Bonchev–Trinajstić information content (AvgIpc) is 2.87. The van der Waals surface area contributed by atoms with Crippen LogP contribution in [0.3, 0.4) is 0 Å². The molecule has 0 radical (unpaired) electrons. The van der Waals surface area contributed by atoms with Crippen LogP contribution in [0.2, 0.25) is 0 Å². The van der Waals surface area contributed by atoms with Crippen LogP contribution in [0.1, 0.15) is 31.9 Å². The molecule has 1 N–H and O–H groups in total. The first-order valence-electron chi connectivity index (χ1n) is 11.4. The third-order valence-corrected chi connectivity index (χ3v) is 7.31. The summed E-state index contributed by atoms with van der Waals surface area (Å²) in [6, 6.07) is 22.0. The molecule has 0 heterocycles. The number of rotatable bonds is 11. The Hall–Kier alpha value is -3.52. The normalized spacial score (nSPS) is 12.1. The number of ether oxygens (including phenoxy) is 2. The summed E-state index contributed by atoms with van der Waals surface area (Å²) in [5, 5.41) is 3.04. The Morgan fingerprint density at radius 1 is 0.886 bits per heavy atom. The van der Waals surface area contributed by atoms with Crippen LogP contribution in [-0.2, 0) is 14.8 Å². The minimum Gasteiger partial charge on any atom is -0.497 e. The third kappa shape index (κ3) is 6.76. The van der Waals surface area contributed by atoms with Crippen LogP contribution in [0.4, 0.5) is 5.69 Å². The van der Waals surface area contributed by atoms with Crippen molar-refractivity contribution in [2.24, 2.45) is 5.92 Å². The summed E-state index contributed by atoms with van der Waals surface area (Å²) >= 11 is 0. The van der Waals surface area contributed by atoms with Crippen LogP contribution in [0.25, 0.3) is 0 Å². The monoisotopic (exact) mass is 496 g/mol. The van der Waals surface area contributed by atoms with Gasteiger partial charge in [0, 0.05) is 6.07 Å². The SMILES string of the molecule is COc1ccc([C@H](CC(C)C)NC(=O)CN(c2cccc(OC)c2)S(=O)(=O)c2ccccc2)cc1. The second kappa shape index (κ2) is 11.8. The maximum Gasteiger partial charge on any atom is 0.264 e. The molecule has 3 aromatic carbocycles. The van der Waals surface area contributed by atoms with E-state index in [4.69, 9.17) is 9.47 Å². The number of carbonyl (C=O) groups excluding carboxylic acids is 1. The van der Waals surface area contributed by atoms with Gasteiger partial charge in [-0.3, -0.25) is 9.10 Å². The van der Waals surface area contributed by atoms with Gasteiger partial charge in [0.05, 0.1) is 30.8 Å². The molecular formula is C27H32N2O5S. The van der Waals surface area contributed by atoms with Crippen LogP contribution in [0, 0.1) is 5.92 Å². The quantitative estimate of drug-likeness (QED) is 0.412. The highest BCUT2D eigenvalue weighted by Crippen LogP contribution is 2.28. The molecule has 0 bridgehead atoms. The van der Waals surface area contributed by atoms with Crippen molar-refractivity contribution in [1.29, 1.82) is 0 Å². The molecule has 35 heavy (non-hydrogen) atoms. The van der Waals surface area contributed by atoms with Gasteiger partial charge < -0.3 is 14.8 Å². The van der Waals surface area contributed by atoms with Crippen LogP contribution in [0.5, 0.6) is 11.5 Å². The number of benzene rings is 3. The lowest BCUT2D eigenvalue weighted by molar-refractivity contribution is -0.120. The number of hydrogen-bond acceptors (Lipinski definition) is 5. The van der Waals surface area contributed by atoms with Gasteiger partial charge in [0.1, 0.15) is 18.0 Å². The lowest BCUT2D eigenvalue weighted by Gasteiger charge is -2.27. The first-order valence-corrected chi connectivity index (χ1v) is 12.8. The fraction of sp³-hybridized carbons (Fsp3) is 0.296. The van der Waals surface area contributed by atoms with Gasteiger partial charge in [-0.05, 0) is 54.3 Å². The zero-order valence-corrected chi connectivity index (χ0v) is 21.3. The molecule has 8 heteroatoms. The Morgan fingerprint density at radius 3 is 2.14 bits per heavy atom. The number of sulfonamides is 1. The maximum atomic E-state index is 13.6. The van der Waals surface area contributed by atoms with Crippen molar-refractivity contribution in [3.63, 3.8) is 0 Å². The molecular weight excluding hydrogens is 464 g/mol. The van der Waals surface area contributed by atoms with Crippen LogP contribution < -0.4 is 19.1 Å². The van der Waals surface area contributed by atoms with Crippen molar-refractivity contribution in [2.45, 2.75) is 31.2 Å². The predicted octanol–water partition coefficient (Wildman–Crippen LogP) is 4.80. The smallest absolute Gasteiger partial charge is 0.264 e. The van der Waals surface area contributed by atoms with E-state index in [1.54, 1.807) is 49.6 Å². The summed E-state index contributed by atoms with van der Waals surface area (Å²) in [6.07, 6.45) is 0.697. The van der Waals surface area contributed by atoms with Crippen molar-refractivity contribution in [3.05, 3.63) is 84.4 Å². The lowest BCUT2D eigenvalue weighted by Crippen LogP contribution is -2.42. The summed E-state index contributed by atoms with van der Waals surface area (Å²) in [5.74, 6) is 1.12. The van der Waals surface area contributed by atoms with Crippen LogP contribution >= 0.6 is 0 Å². The van der Waals surface area contributed by atoms with Crippen molar-refractivity contribution in [1.82, 2.24) is 5.32 Å². The van der Waals surface area contributed by atoms with E-state index in [2.05, 4.69) is 19.2 Å². The summed E-state index contributed by atoms with van der Waals surface area (Å²) in [7, 11) is -0.899. The molecule has 0 aliphatic rings. The first-order chi connectivity index (χ1) is 16.7. The molecule has 0 unspecified atom stereocenters. The molecule has 186 valence electrons. The summed E-state index contributed by atoms with van der Waals surface area (Å²) in [5.41, 5.74) is 1.26. The van der Waals surface area contributed by atoms with Crippen molar-refractivity contribution >= 4 is 21.6 Å². The highest BCUT2D eigenvalue weighted by atomic mass is 32.2. The fourth-order valence-corrected chi connectivity index (χ4v) is 5.19. The largest absolute Gasteiger partial charge is 0.497 e. The van der Waals surface area contributed by atoms with Gasteiger partial charge in [-0.1, -0.05) is 50.2 Å². The molecule has 0 saturated carbocycles. The van der Waals surface area contributed by atoms with E-state index < -0.39 is 15.9 Å². The molecule has 3 aromatic rings. The summed E-state index contributed by atoms with van der Waals surface area (Å²) in [4.78, 5) is 13.4. The lowest BCUT2D eigenvalue weighted by atomic mass is 9.97. The van der Waals surface area contributed by atoms with Crippen molar-refractivity contribution < 1.29 is 22.7 Å². The highest BCUT2D eigenvalue weighted by molar-refractivity contribution is 7.92. The van der Waals surface area contributed by atoms with Crippen LogP contribution in [-0.4, -0.2) is 35.1 Å². The van der Waals surface area contributed by atoms with E-state index in [1.807, 2.05) is 24.3 Å². The van der Waals surface area contributed by atoms with E-state index in [0.717, 1.165) is 15.6 Å². The van der Waals surface area contributed by atoms with E-state index >= 15 is 0 Å². The fourth-order valence-electron chi connectivity index (χ4n) is 3.76. The number of hydrogen-bond donors (Lipinski definition) is 1. The van der Waals surface area contributed by atoms with Gasteiger partial charge in [-0.25, -0.2) is 8.42 Å². The van der Waals surface area contributed by atoms with E-state index in [-0.39, 0.29) is 17.5 Å². The predicted molar refractivity (Wildman–Crippen MR) is 137 cm³/mol. The second-order valence-corrected chi connectivity index (χ2v) is 10.4. The third-order valence-electron chi connectivity index (χ3n) is 5.52. The van der Waals surface area contributed by atoms with E-state index in [9.17, 15) is 13.2 Å².